The number of methoxy groups -OCH3 is 1. The van der Waals surface area contributed by atoms with Crippen molar-refractivity contribution in [1.29, 1.82) is 0 Å². The zero-order valence-electron chi connectivity index (χ0n) is 18.4. The number of benzene rings is 2. The minimum atomic E-state index is -0.832. The first-order chi connectivity index (χ1) is 14.7. The Morgan fingerprint density at radius 2 is 1.90 bits per heavy atom. The van der Waals surface area contributed by atoms with Crippen LogP contribution in [0.15, 0.2) is 48.5 Å². The number of nitrogens with zero attached hydrogens (tertiary/aromatic N) is 1. The van der Waals surface area contributed by atoms with Crippen LogP contribution < -0.4 is 9.47 Å². The summed E-state index contributed by atoms with van der Waals surface area (Å²) < 4.78 is 18.0. The van der Waals surface area contributed by atoms with Gasteiger partial charge in [-0.25, -0.2) is 0 Å². The van der Waals surface area contributed by atoms with Crippen molar-refractivity contribution in [3.8, 4) is 11.5 Å². The van der Waals surface area contributed by atoms with Gasteiger partial charge in [0, 0.05) is 13.1 Å². The van der Waals surface area contributed by atoms with Crippen molar-refractivity contribution < 1.29 is 24.1 Å². The van der Waals surface area contributed by atoms with Crippen molar-refractivity contribution in [3.63, 3.8) is 0 Å². The summed E-state index contributed by atoms with van der Waals surface area (Å²) in [4.78, 5) is 14.0. The molecule has 1 aliphatic rings. The van der Waals surface area contributed by atoms with Crippen LogP contribution in [0.4, 0.5) is 0 Å². The molecule has 6 nitrogen and oxygen atoms in total. The van der Waals surface area contributed by atoms with Crippen molar-refractivity contribution >= 4 is 17.6 Å². The highest BCUT2D eigenvalue weighted by Crippen LogP contribution is 2.39. The molecule has 0 amide bonds. The first kappa shape index (κ1) is 23.4. The molecule has 1 unspecified atom stereocenters. The van der Waals surface area contributed by atoms with Gasteiger partial charge in [-0.1, -0.05) is 68.8 Å². The van der Waals surface area contributed by atoms with Crippen LogP contribution in [0.2, 0.25) is 5.02 Å². The Morgan fingerprint density at radius 1 is 1.19 bits per heavy atom. The molecule has 3 atom stereocenters. The molecule has 0 spiro atoms. The molecule has 0 radical (unpaired) electrons. The number of morpholine rings is 1. The van der Waals surface area contributed by atoms with Crippen LogP contribution >= 0.6 is 11.6 Å². The number of rotatable bonds is 7. The van der Waals surface area contributed by atoms with E-state index in [1.165, 1.54) is 0 Å². The summed E-state index contributed by atoms with van der Waals surface area (Å²) in [6, 6.07) is 14.5. The molecule has 0 aliphatic carbocycles. The Bertz CT molecular complexity index is 883. The number of aliphatic carboxylic acids is 1. The number of hydrogen-bond acceptors (Lipinski definition) is 5. The highest BCUT2D eigenvalue weighted by molar-refractivity contribution is 6.32. The van der Waals surface area contributed by atoms with Crippen LogP contribution in [0.3, 0.4) is 0 Å². The van der Waals surface area contributed by atoms with Crippen LogP contribution in [0.5, 0.6) is 11.5 Å². The number of ether oxygens (including phenoxy) is 3. The Kier molecular flexibility index (Phi) is 7.46. The maximum atomic E-state index is 12.1. The van der Waals surface area contributed by atoms with E-state index in [4.69, 9.17) is 25.8 Å². The van der Waals surface area contributed by atoms with Crippen LogP contribution in [0, 0.1) is 5.41 Å². The second-order valence-electron chi connectivity index (χ2n) is 8.73. The molecule has 7 heteroatoms. The number of para-hydroxylation sites is 1. The normalized spacial score (nSPS) is 19.5. The SMILES string of the molecule is COc1c(Cl)cccc1O[C@H](c1ccccc1)[C@H]1CN(C(C(=O)O)C(C)(C)C)CCO1. The van der Waals surface area contributed by atoms with Gasteiger partial charge in [-0.2, -0.15) is 0 Å². The molecule has 168 valence electrons. The lowest BCUT2D eigenvalue weighted by atomic mass is 9.85. The fraction of sp³-hybridized carbons (Fsp3) is 0.458. The number of hydrogen-bond donors (Lipinski definition) is 1. The molecule has 2 aromatic rings. The molecule has 2 aromatic carbocycles. The standard InChI is InChI=1S/C24H30ClNO5/c1-24(2,3)22(23(27)28)26-13-14-30-19(15-26)20(16-9-6-5-7-10-16)31-18-12-8-11-17(25)21(18)29-4/h5-12,19-20,22H,13-15H2,1-4H3,(H,27,28)/t19-,20-,22?/m1/s1. The van der Waals surface area contributed by atoms with Gasteiger partial charge in [0.2, 0.25) is 0 Å². The Hall–Kier alpha value is -2.28. The van der Waals surface area contributed by atoms with E-state index >= 15 is 0 Å². The van der Waals surface area contributed by atoms with Crippen molar-refractivity contribution in [2.75, 3.05) is 26.8 Å². The Balaban J connectivity index is 1.93. The van der Waals surface area contributed by atoms with Crippen molar-refractivity contribution in [2.24, 2.45) is 5.41 Å². The van der Waals surface area contributed by atoms with E-state index in [9.17, 15) is 9.90 Å². The third-order valence-electron chi connectivity index (χ3n) is 5.40. The number of carbonyl (C=O) groups is 1. The second-order valence-corrected chi connectivity index (χ2v) is 9.14. The fourth-order valence-electron chi connectivity index (χ4n) is 4.11. The number of carboxylic acid groups (broad SMARTS) is 1. The van der Waals surface area contributed by atoms with Gasteiger partial charge in [0.1, 0.15) is 12.1 Å². The van der Waals surface area contributed by atoms with E-state index in [-0.39, 0.29) is 6.10 Å². The zero-order valence-corrected chi connectivity index (χ0v) is 19.1. The van der Waals surface area contributed by atoms with Gasteiger partial charge in [0.05, 0.1) is 18.7 Å². The molecule has 1 aliphatic heterocycles. The molecule has 31 heavy (non-hydrogen) atoms. The van der Waals surface area contributed by atoms with E-state index in [2.05, 4.69) is 0 Å². The van der Waals surface area contributed by atoms with Crippen LogP contribution in [-0.2, 0) is 9.53 Å². The molecule has 0 aromatic heterocycles. The summed E-state index contributed by atoms with van der Waals surface area (Å²) in [5.41, 5.74) is 0.506. The van der Waals surface area contributed by atoms with Gasteiger partial charge < -0.3 is 19.3 Å². The molecular formula is C24H30ClNO5. The van der Waals surface area contributed by atoms with E-state index in [1.54, 1.807) is 25.3 Å². The monoisotopic (exact) mass is 447 g/mol. The predicted molar refractivity (Wildman–Crippen MR) is 120 cm³/mol. The average Bonchev–Trinajstić information content (AvgIpc) is 2.71. The maximum Gasteiger partial charge on any atom is 0.321 e. The van der Waals surface area contributed by atoms with Crippen LogP contribution in [-0.4, -0.2) is 54.9 Å². The molecule has 1 fully saturated rings. The summed E-state index contributed by atoms with van der Waals surface area (Å²) >= 11 is 6.28. The highest BCUT2D eigenvalue weighted by atomic mass is 35.5. The Morgan fingerprint density at radius 3 is 2.52 bits per heavy atom. The number of halogens is 1. The lowest BCUT2D eigenvalue weighted by Gasteiger charge is -2.43. The first-order valence-electron chi connectivity index (χ1n) is 10.3. The summed E-state index contributed by atoms with van der Waals surface area (Å²) in [5, 5.41) is 10.3. The minimum absolute atomic E-state index is 0.371. The second kappa shape index (κ2) is 9.90. The van der Waals surface area contributed by atoms with Gasteiger partial charge in [-0.15, -0.1) is 0 Å². The average molecular weight is 448 g/mol. The molecule has 1 saturated heterocycles. The fourth-order valence-corrected chi connectivity index (χ4v) is 4.35. The van der Waals surface area contributed by atoms with Crippen molar-refractivity contribution in [1.82, 2.24) is 4.90 Å². The summed E-state index contributed by atoms with van der Waals surface area (Å²) in [6.45, 7) is 7.22. The topological polar surface area (TPSA) is 68.2 Å². The lowest BCUT2D eigenvalue weighted by molar-refractivity contribution is -0.155. The van der Waals surface area contributed by atoms with Crippen molar-refractivity contribution in [2.45, 2.75) is 39.0 Å². The molecule has 1 heterocycles. The van der Waals surface area contributed by atoms with Gasteiger partial charge >= 0.3 is 5.97 Å². The number of carboxylic acids is 1. The van der Waals surface area contributed by atoms with E-state index in [0.29, 0.717) is 36.2 Å². The van der Waals surface area contributed by atoms with Crippen molar-refractivity contribution in [3.05, 3.63) is 59.1 Å². The molecule has 0 bridgehead atoms. The Labute approximate surface area is 188 Å². The molecule has 0 saturated carbocycles. The quantitative estimate of drug-likeness (QED) is 0.665. The van der Waals surface area contributed by atoms with Gasteiger partial charge in [-0.3, -0.25) is 9.69 Å². The smallest absolute Gasteiger partial charge is 0.321 e. The summed E-state index contributed by atoms with van der Waals surface area (Å²) in [6.07, 6.45) is -0.838. The van der Waals surface area contributed by atoms with E-state index < -0.39 is 23.5 Å². The molecule has 3 rings (SSSR count). The van der Waals surface area contributed by atoms with Gasteiger partial charge in [0.15, 0.2) is 17.6 Å². The molecule has 1 N–H and O–H groups in total. The lowest BCUT2D eigenvalue weighted by Crippen LogP contribution is -2.56. The highest BCUT2D eigenvalue weighted by Gasteiger charge is 2.41. The van der Waals surface area contributed by atoms with Gasteiger partial charge in [-0.05, 0) is 23.1 Å². The largest absolute Gasteiger partial charge is 0.491 e. The van der Waals surface area contributed by atoms with Crippen LogP contribution in [0.1, 0.15) is 32.4 Å². The third kappa shape index (κ3) is 5.50. The van der Waals surface area contributed by atoms with E-state index in [0.717, 1.165) is 5.56 Å². The first-order valence-corrected chi connectivity index (χ1v) is 10.7. The van der Waals surface area contributed by atoms with E-state index in [1.807, 2.05) is 56.0 Å². The zero-order chi connectivity index (χ0) is 22.6. The third-order valence-corrected chi connectivity index (χ3v) is 5.70. The minimum Gasteiger partial charge on any atom is -0.491 e. The van der Waals surface area contributed by atoms with Gasteiger partial charge in [0.25, 0.3) is 0 Å². The predicted octanol–water partition coefficient (Wildman–Crippen LogP) is 4.67. The summed E-state index contributed by atoms with van der Waals surface area (Å²) in [5.74, 6) is 0.132. The maximum absolute atomic E-state index is 12.1. The summed E-state index contributed by atoms with van der Waals surface area (Å²) in [7, 11) is 1.55. The van der Waals surface area contributed by atoms with Crippen LogP contribution in [0.25, 0.3) is 0 Å². The molecular weight excluding hydrogens is 418 g/mol.